The number of allylic oxidation sites excluding steroid dienone is 1. The molecule has 0 atom stereocenters. The second-order valence-corrected chi connectivity index (χ2v) is 9.48. The summed E-state index contributed by atoms with van der Waals surface area (Å²) in [4.78, 5) is 17.0. The molecule has 1 aromatic heterocycles. The number of amides is 1. The molecule has 0 bridgehead atoms. The zero-order chi connectivity index (χ0) is 29.4. The smallest absolute Gasteiger partial charge is 0.258 e. The van der Waals surface area contributed by atoms with Gasteiger partial charge in [-0.1, -0.05) is 60.3 Å². The monoisotopic (exact) mass is 556 g/mol. The van der Waals surface area contributed by atoms with E-state index in [1.165, 1.54) is 12.1 Å². The summed E-state index contributed by atoms with van der Waals surface area (Å²) >= 11 is 0. The molecule has 0 aliphatic heterocycles. The summed E-state index contributed by atoms with van der Waals surface area (Å²) in [5.41, 5.74) is 5.98. The first-order valence-corrected chi connectivity index (χ1v) is 13.2. The molecule has 9 nitrogen and oxygen atoms in total. The van der Waals surface area contributed by atoms with E-state index in [9.17, 15) is 9.18 Å². The number of likely N-dealkylation sites (N-methyl/N-ethyl adjacent to an activating group) is 1. The Kier molecular flexibility index (Phi) is 9.70. The molecule has 4 aromatic rings. The summed E-state index contributed by atoms with van der Waals surface area (Å²) in [7, 11) is 3.37. The SMILES string of the molecule is C=C(CC)N=NN(C)CCNC(=O)c1ccc(-c2noc(-c3ccc(-c4ccccc4C)c(COC)c3)n2)cc1F. The van der Waals surface area contributed by atoms with Gasteiger partial charge >= 0.3 is 0 Å². The molecule has 212 valence electrons. The number of aromatic nitrogens is 2. The van der Waals surface area contributed by atoms with Gasteiger partial charge in [0, 0.05) is 31.8 Å². The fourth-order valence-electron chi connectivity index (χ4n) is 4.12. The van der Waals surface area contributed by atoms with Gasteiger partial charge in [-0.05, 0) is 59.9 Å². The topological polar surface area (TPSA) is 105 Å². The highest BCUT2D eigenvalue weighted by Gasteiger charge is 2.17. The second kappa shape index (κ2) is 13.6. The van der Waals surface area contributed by atoms with E-state index < -0.39 is 11.7 Å². The van der Waals surface area contributed by atoms with Gasteiger partial charge in [0.15, 0.2) is 0 Å². The van der Waals surface area contributed by atoms with Gasteiger partial charge in [0.05, 0.1) is 24.4 Å². The van der Waals surface area contributed by atoms with Crippen molar-refractivity contribution in [1.82, 2.24) is 20.5 Å². The molecule has 1 amide bonds. The first kappa shape index (κ1) is 29.3. The van der Waals surface area contributed by atoms with E-state index in [0.29, 0.717) is 42.3 Å². The van der Waals surface area contributed by atoms with E-state index in [1.54, 1.807) is 25.2 Å². The molecule has 0 aliphatic rings. The largest absolute Gasteiger partial charge is 0.380 e. The van der Waals surface area contributed by atoms with E-state index >= 15 is 0 Å². The van der Waals surface area contributed by atoms with Crippen molar-refractivity contribution in [1.29, 1.82) is 0 Å². The standard InChI is InChI=1S/C31H33FN6O3/c1-6-21(3)35-37-38(4)16-15-33-30(39)27-14-11-22(18-28(27)32)29-34-31(41-36-29)23-12-13-26(24(17-23)19-40-5)25-10-8-7-9-20(25)2/h7-14,17-18H,3,6,15-16,19H2,1-2,4-5H3,(H,33,39). The molecule has 0 spiro atoms. The molecular weight excluding hydrogens is 523 g/mol. The Morgan fingerprint density at radius 3 is 2.63 bits per heavy atom. The predicted octanol–water partition coefficient (Wildman–Crippen LogP) is 6.62. The fraction of sp³-hybridized carbons (Fsp3) is 0.258. The van der Waals surface area contributed by atoms with Crippen LogP contribution in [-0.4, -0.2) is 48.3 Å². The third-order valence-corrected chi connectivity index (χ3v) is 6.45. The lowest BCUT2D eigenvalue weighted by Gasteiger charge is -2.12. The lowest BCUT2D eigenvalue weighted by molar-refractivity contribution is 0.0945. The predicted molar refractivity (Wildman–Crippen MR) is 155 cm³/mol. The number of nitrogens with zero attached hydrogens (tertiary/aromatic N) is 5. The zero-order valence-corrected chi connectivity index (χ0v) is 23.6. The molecule has 0 saturated heterocycles. The number of carbonyl (C=O) groups excluding carboxylic acids is 1. The summed E-state index contributed by atoms with van der Waals surface area (Å²) in [6.07, 6.45) is 0.700. The Labute approximate surface area is 238 Å². The second-order valence-electron chi connectivity index (χ2n) is 9.48. The molecular formula is C31H33FN6O3. The number of benzene rings is 3. The number of hydrogen-bond acceptors (Lipinski definition) is 7. The van der Waals surface area contributed by atoms with E-state index in [-0.39, 0.29) is 17.9 Å². The minimum atomic E-state index is -0.691. The Morgan fingerprint density at radius 1 is 1.12 bits per heavy atom. The highest BCUT2D eigenvalue weighted by atomic mass is 19.1. The van der Waals surface area contributed by atoms with Gasteiger partial charge in [-0.25, -0.2) is 4.39 Å². The van der Waals surface area contributed by atoms with Crippen LogP contribution >= 0.6 is 0 Å². The molecule has 1 heterocycles. The third-order valence-electron chi connectivity index (χ3n) is 6.45. The normalized spacial score (nSPS) is 11.1. The highest BCUT2D eigenvalue weighted by Crippen LogP contribution is 2.32. The maximum Gasteiger partial charge on any atom is 0.258 e. The van der Waals surface area contributed by atoms with Gasteiger partial charge in [0.1, 0.15) is 5.82 Å². The molecule has 0 radical (unpaired) electrons. The number of nitrogens with one attached hydrogen (secondary N) is 1. The Hall–Kier alpha value is -4.70. The number of carbonyl (C=O) groups is 1. The molecule has 10 heteroatoms. The molecule has 0 fully saturated rings. The molecule has 0 aliphatic carbocycles. The minimum absolute atomic E-state index is 0.0860. The van der Waals surface area contributed by atoms with Gasteiger partial charge < -0.3 is 14.6 Å². The summed E-state index contributed by atoms with van der Waals surface area (Å²) in [5.74, 6) is -0.725. The summed E-state index contributed by atoms with van der Waals surface area (Å²) in [6.45, 7) is 8.82. The van der Waals surface area contributed by atoms with Gasteiger partial charge in [0.2, 0.25) is 5.82 Å². The van der Waals surface area contributed by atoms with Gasteiger partial charge in [-0.2, -0.15) is 4.98 Å². The molecule has 1 N–H and O–H groups in total. The summed E-state index contributed by atoms with van der Waals surface area (Å²) < 4.78 is 25.9. The molecule has 41 heavy (non-hydrogen) atoms. The number of halogens is 1. The number of aryl methyl sites for hydroxylation is 1. The van der Waals surface area contributed by atoms with Crippen LogP contribution in [0, 0.1) is 12.7 Å². The Balaban J connectivity index is 1.46. The van der Waals surface area contributed by atoms with Crippen LogP contribution in [0.25, 0.3) is 34.0 Å². The van der Waals surface area contributed by atoms with Crippen molar-refractivity contribution in [2.45, 2.75) is 26.9 Å². The van der Waals surface area contributed by atoms with Gasteiger partial charge in [0.25, 0.3) is 11.8 Å². The number of rotatable bonds is 12. The Morgan fingerprint density at radius 2 is 1.90 bits per heavy atom. The maximum atomic E-state index is 14.9. The van der Waals surface area contributed by atoms with Crippen molar-refractivity contribution < 1.29 is 18.4 Å². The van der Waals surface area contributed by atoms with Crippen molar-refractivity contribution >= 4 is 5.91 Å². The molecule has 4 rings (SSSR count). The highest BCUT2D eigenvalue weighted by molar-refractivity contribution is 5.94. The average molecular weight is 557 g/mol. The minimum Gasteiger partial charge on any atom is -0.380 e. The van der Waals surface area contributed by atoms with Crippen molar-refractivity contribution in [2.24, 2.45) is 10.3 Å². The van der Waals surface area contributed by atoms with Crippen LogP contribution in [-0.2, 0) is 11.3 Å². The number of hydrogen-bond donors (Lipinski definition) is 1. The van der Waals surface area contributed by atoms with Crippen LogP contribution in [0.3, 0.4) is 0 Å². The van der Waals surface area contributed by atoms with Crippen molar-refractivity contribution in [3.63, 3.8) is 0 Å². The van der Waals surface area contributed by atoms with Crippen LogP contribution in [0.5, 0.6) is 0 Å². The van der Waals surface area contributed by atoms with Gasteiger partial charge in [-0.3, -0.25) is 9.80 Å². The van der Waals surface area contributed by atoms with Crippen LogP contribution in [0.4, 0.5) is 4.39 Å². The van der Waals surface area contributed by atoms with Crippen molar-refractivity contribution in [3.05, 3.63) is 95.4 Å². The molecule has 0 unspecified atom stereocenters. The van der Waals surface area contributed by atoms with Crippen LogP contribution in [0.15, 0.2) is 87.8 Å². The summed E-state index contributed by atoms with van der Waals surface area (Å²) in [5, 5.41) is 16.3. The van der Waals surface area contributed by atoms with Crippen molar-refractivity contribution in [2.75, 3.05) is 27.2 Å². The van der Waals surface area contributed by atoms with Gasteiger partial charge in [-0.15, -0.1) is 5.11 Å². The van der Waals surface area contributed by atoms with Crippen LogP contribution < -0.4 is 5.32 Å². The third kappa shape index (κ3) is 7.29. The lowest BCUT2D eigenvalue weighted by atomic mass is 9.94. The van der Waals surface area contributed by atoms with E-state index in [2.05, 4.69) is 51.4 Å². The first-order valence-electron chi connectivity index (χ1n) is 13.2. The van der Waals surface area contributed by atoms with Crippen LogP contribution in [0.2, 0.25) is 0 Å². The van der Waals surface area contributed by atoms with E-state index in [4.69, 9.17) is 9.26 Å². The fourth-order valence-corrected chi connectivity index (χ4v) is 4.12. The van der Waals surface area contributed by atoms with Crippen LogP contribution in [0.1, 0.15) is 34.8 Å². The molecule has 3 aromatic carbocycles. The lowest BCUT2D eigenvalue weighted by Crippen LogP contribution is -2.31. The number of ether oxygens (including phenoxy) is 1. The van der Waals surface area contributed by atoms with E-state index in [1.807, 2.05) is 37.3 Å². The van der Waals surface area contributed by atoms with E-state index in [0.717, 1.165) is 22.3 Å². The number of methoxy groups -OCH3 is 1. The Bertz CT molecular complexity index is 1570. The molecule has 0 saturated carbocycles. The average Bonchev–Trinajstić information content (AvgIpc) is 3.47. The quantitative estimate of drug-likeness (QED) is 0.155. The zero-order valence-electron chi connectivity index (χ0n) is 23.6. The first-order chi connectivity index (χ1) is 19.8. The van der Waals surface area contributed by atoms with Crippen molar-refractivity contribution in [3.8, 4) is 34.0 Å². The maximum absolute atomic E-state index is 14.9. The summed E-state index contributed by atoms with van der Waals surface area (Å²) in [6, 6.07) is 18.2.